The molecule has 2 aromatic carbocycles. The van der Waals surface area contributed by atoms with Crippen LogP contribution in [0.1, 0.15) is 42.4 Å². The van der Waals surface area contributed by atoms with Crippen molar-refractivity contribution in [3.63, 3.8) is 0 Å². The van der Waals surface area contributed by atoms with Crippen molar-refractivity contribution in [3.05, 3.63) is 75.6 Å². The molecule has 0 saturated heterocycles. The van der Waals surface area contributed by atoms with E-state index in [4.69, 9.17) is 26.1 Å². The highest BCUT2D eigenvalue weighted by molar-refractivity contribution is 7.51. The molecular weight excluding hydrogens is 489 g/mol. The van der Waals surface area contributed by atoms with Gasteiger partial charge in [0.15, 0.2) is 0 Å². The van der Waals surface area contributed by atoms with Gasteiger partial charge in [-0.2, -0.15) is 0 Å². The van der Waals surface area contributed by atoms with Gasteiger partial charge < -0.3 is 19.8 Å². The average Bonchev–Trinajstić information content (AvgIpc) is 3.33. The molecule has 0 aliphatic carbocycles. The van der Waals surface area contributed by atoms with Crippen molar-refractivity contribution >= 4 is 30.5 Å². The van der Waals surface area contributed by atoms with Crippen molar-refractivity contribution in [2.45, 2.75) is 45.6 Å². The lowest BCUT2D eigenvalue weighted by Crippen LogP contribution is -2.15. The summed E-state index contributed by atoms with van der Waals surface area (Å²) in [7, 11) is -3.92. The number of aryl methyl sites for hydroxylation is 2. The zero-order valence-electron chi connectivity index (χ0n) is 19.5. The summed E-state index contributed by atoms with van der Waals surface area (Å²) in [5.41, 5.74) is 4.59. The Kier molecular flexibility index (Phi) is 10.6. The van der Waals surface area contributed by atoms with E-state index in [0.717, 1.165) is 58.0 Å². The predicted molar refractivity (Wildman–Crippen MR) is 142 cm³/mol. The standard InChI is InChI=1S/C26H33ClNO4PS/c1-20-9-10-21(18-24(20)27)7-3-2-4-14-32-25-12-11-22(17-23(25)26-8-5-16-34-26)19-28-13-6-15-33(29,30)31/h5,8-12,16-18,28H,2-4,6-7,13-15,19H2,1H3,(H2,29,30,31). The molecule has 0 atom stereocenters. The normalized spacial score (nSPS) is 11.6. The first kappa shape index (κ1) is 26.9. The Morgan fingerprint density at radius 1 is 1.03 bits per heavy atom. The summed E-state index contributed by atoms with van der Waals surface area (Å²) in [6.07, 6.45) is 4.57. The zero-order chi connectivity index (χ0) is 24.4. The van der Waals surface area contributed by atoms with Crippen LogP contribution in [0.15, 0.2) is 53.9 Å². The van der Waals surface area contributed by atoms with Crippen LogP contribution >= 0.6 is 30.5 Å². The molecule has 0 saturated carbocycles. The Morgan fingerprint density at radius 2 is 1.85 bits per heavy atom. The highest BCUT2D eigenvalue weighted by atomic mass is 35.5. The molecule has 3 aromatic rings. The average molecular weight is 522 g/mol. The number of benzene rings is 2. The highest BCUT2D eigenvalue weighted by Gasteiger charge is 2.12. The third-order valence-corrected chi connectivity index (χ3v) is 7.78. The molecule has 0 unspecified atom stereocenters. The lowest BCUT2D eigenvalue weighted by Gasteiger charge is -2.13. The van der Waals surface area contributed by atoms with Gasteiger partial charge in [0.05, 0.1) is 12.8 Å². The largest absolute Gasteiger partial charge is 0.493 e. The third-order valence-electron chi connectivity index (χ3n) is 5.57. The van der Waals surface area contributed by atoms with Gasteiger partial charge in [0.25, 0.3) is 0 Å². The Labute approximate surface area is 211 Å². The molecule has 0 radical (unpaired) electrons. The molecule has 0 amide bonds. The van der Waals surface area contributed by atoms with Gasteiger partial charge in [0, 0.05) is 22.0 Å². The predicted octanol–water partition coefficient (Wildman–Crippen LogP) is 6.83. The SMILES string of the molecule is Cc1ccc(CCCCCOc2ccc(CNCCCP(=O)(O)O)cc2-c2cccs2)cc1Cl. The quantitative estimate of drug-likeness (QED) is 0.160. The van der Waals surface area contributed by atoms with E-state index in [1.54, 1.807) is 11.3 Å². The van der Waals surface area contributed by atoms with Crippen molar-refractivity contribution in [1.82, 2.24) is 5.32 Å². The van der Waals surface area contributed by atoms with E-state index >= 15 is 0 Å². The highest BCUT2D eigenvalue weighted by Crippen LogP contribution is 2.35. The van der Waals surface area contributed by atoms with E-state index in [1.165, 1.54) is 5.56 Å². The van der Waals surface area contributed by atoms with Crippen molar-refractivity contribution < 1.29 is 19.1 Å². The van der Waals surface area contributed by atoms with Crippen LogP contribution in [0.5, 0.6) is 5.75 Å². The molecule has 8 heteroatoms. The van der Waals surface area contributed by atoms with Crippen molar-refractivity contribution in [2.75, 3.05) is 19.3 Å². The molecular formula is C26H33ClNO4PS. The number of thiophene rings is 1. The van der Waals surface area contributed by atoms with Gasteiger partial charge in [-0.1, -0.05) is 35.9 Å². The van der Waals surface area contributed by atoms with E-state index in [0.29, 0.717) is 26.1 Å². The number of nitrogens with one attached hydrogen (secondary N) is 1. The smallest absolute Gasteiger partial charge is 0.325 e. The Morgan fingerprint density at radius 3 is 2.59 bits per heavy atom. The molecule has 1 aromatic heterocycles. The van der Waals surface area contributed by atoms with Gasteiger partial charge in [-0.05, 0) is 91.9 Å². The lowest BCUT2D eigenvalue weighted by molar-refractivity contribution is 0.306. The van der Waals surface area contributed by atoms with Crippen LogP contribution in [0, 0.1) is 6.92 Å². The number of halogens is 1. The molecule has 5 nitrogen and oxygen atoms in total. The third kappa shape index (κ3) is 9.18. The van der Waals surface area contributed by atoms with Crippen molar-refractivity contribution in [3.8, 4) is 16.2 Å². The van der Waals surface area contributed by atoms with E-state index in [2.05, 4.69) is 41.0 Å². The van der Waals surface area contributed by atoms with Gasteiger partial charge in [-0.3, -0.25) is 4.57 Å². The van der Waals surface area contributed by atoms with Gasteiger partial charge in [-0.15, -0.1) is 11.3 Å². The zero-order valence-corrected chi connectivity index (χ0v) is 22.0. The number of hydrogen-bond acceptors (Lipinski definition) is 4. The summed E-state index contributed by atoms with van der Waals surface area (Å²) >= 11 is 7.90. The first-order valence-corrected chi connectivity index (χ1v) is 14.7. The van der Waals surface area contributed by atoms with E-state index in [9.17, 15) is 4.57 Å². The number of hydrogen-bond donors (Lipinski definition) is 3. The maximum Gasteiger partial charge on any atom is 0.325 e. The maximum absolute atomic E-state index is 11.0. The van der Waals surface area contributed by atoms with Crippen molar-refractivity contribution in [2.24, 2.45) is 0 Å². The van der Waals surface area contributed by atoms with E-state index in [1.807, 2.05) is 25.1 Å². The second-order valence-corrected chi connectivity index (χ2v) is 11.6. The van der Waals surface area contributed by atoms with Crippen LogP contribution in [0.4, 0.5) is 0 Å². The van der Waals surface area contributed by atoms with Crippen LogP contribution in [0.2, 0.25) is 5.02 Å². The van der Waals surface area contributed by atoms with Crippen LogP contribution < -0.4 is 10.1 Å². The summed E-state index contributed by atoms with van der Waals surface area (Å²) in [6, 6.07) is 16.6. The van der Waals surface area contributed by atoms with Crippen LogP contribution in [0.25, 0.3) is 10.4 Å². The molecule has 0 fully saturated rings. The Balaban J connectivity index is 1.47. The molecule has 184 valence electrons. The van der Waals surface area contributed by atoms with Gasteiger partial charge in [-0.25, -0.2) is 0 Å². The number of ether oxygens (including phenoxy) is 1. The number of rotatable bonds is 14. The van der Waals surface area contributed by atoms with Crippen LogP contribution in [-0.2, 0) is 17.5 Å². The first-order chi connectivity index (χ1) is 16.3. The second-order valence-electron chi connectivity index (χ2n) is 8.47. The molecule has 34 heavy (non-hydrogen) atoms. The molecule has 0 aliphatic rings. The van der Waals surface area contributed by atoms with Crippen LogP contribution in [0.3, 0.4) is 0 Å². The van der Waals surface area contributed by atoms with E-state index in [-0.39, 0.29) is 6.16 Å². The Bertz CT molecular complexity index is 1080. The minimum absolute atomic E-state index is 0.0913. The fraction of sp³-hybridized carbons (Fsp3) is 0.385. The molecule has 3 rings (SSSR count). The minimum atomic E-state index is -3.92. The summed E-state index contributed by atoms with van der Waals surface area (Å²) in [5, 5.41) is 6.16. The lowest BCUT2D eigenvalue weighted by atomic mass is 10.1. The molecule has 0 bridgehead atoms. The fourth-order valence-corrected chi connectivity index (χ4v) is 5.18. The first-order valence-electron chi connectivity index (χ1n) is 11.6. The fourth-order valence-electron chi connectivity index (χ4n) is 3.66. The van der Waals surface area contributed by atoms with Gasteiger partial charge >= 0.3 is 7.60 Å². The molecule has 3 N–H and O–H groups in total. The maximum atomic E-state index is 11.0. The Hall–Kier alpha value is -1.66. The summed E-state index contributed by atoms with van der Waals surface area (Å²) in [6.45, 7) is 3.90. The minimum Gasteiger partial charge on any atom is -0.493 e. The molecule has 0 spiro atoms. The van der Waals surface area contributed by atoms with E-state index < -0.39 is 7.60 Å². The molecule has 1 heterocycles. The molecule has 0 aliphatic heterocycles. The number of unbranched alkanes of at least 4 members (excludes halogenated alkanes) is 2. The topological polar surface area (TPSA) is 78.8 Å². The van der Waals surface area contributed by atoms with Gasteiger partial charge in [0.1, 0.15) is 5.75 Å². The summed E-state index contributed by atoms with van der Waals surface area (Å²) in [4.78, 5) is 19.1. The van der Waals surface area contributed by atoms with Crippen LogP contribution in [-0.4, -0.2) is 29.1 Å². The summed E-state index contributed by atoms with van der Waals surface area (Å²) in [5.74, 6) is 0.887. The van der Waals surface area contributed by atoms with Gasteiger partial charge in [0.2, 0.25) is 0 Å². The second kappa shape index (κ2) is 13.4. The monoisotopic (exact) mass is 521 g/mol. The van der Waals surface area contributed by atoms with Crippen molar-refractivity contribution in [1.29, 1.82) is 0 Å². The summed E-state index contributed by atoms with van der Waals surface area (Å²) < 4.78 is 17.1.